The van der Waals surface area contributed by atoms with Crippen LogP contribution in [-0.4, -0.2) is 7.05 Å². The van der Waals surface area contributed by atoms with Crippen molar-refractivity contribution in [2.45, 2.75) is 0 Å². The van der Waals surface area contributed by atoms with Crippen LogP contribution in [0.3, 0.4) is 0 Å². The third-order valence-electron chi connectivity index (χ3n) is 2.82. The monoisotopic (exact) mass is 259 g/mol. The fraction of sp³-hybridized carbons (Fsp3) is 0.0714. The third-order valence-corrected chi connectivity index (χ3v) is 2.82. The van der Waals surface area contributed by atoms with E-state index in [4.69, 9.17) is 11.0 Å². The Balaban J connectivity index is 2.47. The van der Waals surface area contributed by atoms with Crippen molar-refractivity contribution in [3.8, 4) is 6.07 Å². The lowest BCUT2D eigenvalue weighted by Crippen LogP contribution is -2.14. The third kappa shape index (κ3) is 2.33. The average Bonchev–Trinajstić information content (AvgIpc) is 2.43. The van der Waals surface area contributed by atoms with Crippen LogP contribution in [0, 0.1) is 23.0 Å². The molecule has 0 heterocycles. The van der Waals surface area contributed by atoms with Crippen molar-refractivity contribution in [1.82, 2.24) is 0 Å². The maximum absolute atomic E-state index is 13.8. The van der Waals surface area contributed by atoms with Gasteiger partial charge in [-0.2, -0.15) is 5.26 Å². The smallest absolute Gasteiger partial charge is 0.184 e. The van der Waals surface area contributed by atoms with Gasteiger partial charge in [0.25, 0.3) is 0 Å². The van der Waals surface area contributed by atoms with Crippen LogP contribution in [0.4, 0.5) is 25.8 Å². The minimum Gasteiger partial charge on any atom is -0.397 e. The second-order valence-corrected chi connectivity index (χ2v) is 4.02. The molecular weight excluding hydrogens is 248 g/mol. The van der Waals surface area contributed by atoms with E-state index in [9.17, 15) is 8.78 Å². The maximum atomic E-state index is 13.8. The highest BCUT2D eigenvalue weighted by molar-refractivity contribution is 5.75. The summed E-state index contributed by atoms with van der Waals surface area (Å²) in [6.07, 6.45) is 0. The van der Waals surface area contributed by atoms with E-state index in [0.717, 1.165) is 6.07 Å². The van der Waals surface area contributed by atoms with Crippen LogP contribution in [0.2, 0.25) is 0 Å². The highest BCUT2D eigenvalue weighted by Gasteiger charge is 2.16. The first-order valence-electron chi connectivity index (χ1n) is 5.52. The van der Waals surface area contributed by atoms with Crippen LogP contribution < -0.4 is 10.6 Å². The number of halogens is 2. The molecule has 0 radical (unpaired) electrons. The molecule has 0 aliphatic rings. The van der Waals surface area contributed by atoms with E-state index in [1.807, 2.05) is 6.07 Å². The molecule has 0 aliphatic carbocycles. The Bertz CT molecular complexity index is 645. The molecule has 0 atom stereocenters. The van der Waals surface area contributed by atoms with E-state index in [0.29, 0.717) is 11.3 Å². The molecule has 3 nitrogen and oxygen atoms in total. The predicted octanol–water partition coefficient (Wildman–Crippen LogP) is 3.19. The zero-order valence-corrected chi connectivity index (χ0v) is 10.2. The van der Waals surface area contributed by atoms with Crippen molar-refractivity contribution in [2.75, 3.05) is 17.7 Å². The second kappa shape index (κ2) is 4.94. The van der Waals surface area contributed by atoms with Crippen LogP contribution in [0.5, 0.6) is 0 Å². The Kier molecular flexibility index (Phi) is 3.34. The molecule has 2 rings (SSSR count). The van der Waals surface area contributed by atoms with Gasteiger partial charge in [0.15, 0.2) is 11.6 Å². The quantitative estimate of drug-likeness (QED) is 0.843. The van der Waals surface area contributed by atoms with Crippen molar-refractivity contribution in [2.24, 2.45) is 0 Å². The number of nitrogens with two attached hydrogens (primary N) is 1. The number of hydrogen-bond acceptors (Lipinski definition) is 3. The topological polar surface area (TPSA) is 53.0 Å². The average molecular weight is 259 g/mol. The van der Waals surface area contributed by atoms with Gasteiger partial charge in [0.1, 0.15) is 5.69 Å². The molecule has 0 unspecified atom stereocenters. The van der Waals surface area contributed by atoms with Gasteiger partial charge >= 0.3 is 0 Å². The van der Waals surface area contributed by atoms with Gasteiger partial charge in [-0.15, -0.1) is 0 Å². The SMILES string of the molecule is CN(c1ccc(C#N)cc1)c1c(N)ccc(F)c1F. The maximum Gasteiger partial charge on any atom is 0.184 e. The molecule has 0 aliphatic heterocycles. The molecule has 0 saturated carbocycles. The summed E-state index contributed by atoms with van der Waals surface area (Å²) in [5.41, 5.74) is 6.90. The Morgan fingerprint density at radius 1 is 1.11 bits per heavy atom. The lowest BCUT2D eigenvalue weighted by Gasteiger charge is -2.22. The van der Waals surface area contributed by atoms with Gasteiger partial charge in [-0.3, -0.25) is 0 Å². The zero-order chi connectivity index (χ0) is 14.0. The normalized spacial score (nSPS) is 10.0. The molecule has 0 saturated heterocycles. The largest absolute Gasteiger partial charge is 0.397 e. The fourth-order valence-corrected chi connectivity index (χ4v) is 1.78. The Morgan fingerprint density at radius 2 is 1.74 bits per heavy atom. The molecule has 96 valence electrons. The highest BCUT2D eigenvalue weighted by Crippen LogP contribution is 2.32. The van der Waals surface area contributed by atoms with Crippen molar-refractivity contribution in [3.05, 3.63) is 53.6 Å². The number of nitriles is 1. The molecule has 2 N–H and O–H groups in total. The van der Waals surface area contributed by atoms with Gasteiger partial charge in [-0.05, 0) is 36.4 Å². The Labute approximate surface area is 109 Å². The molecule has 2 aromatic carbocycles. The second-order valence-electron chi connectivity index (χ2n) is 4.02. The number of rotatable bonds is 2. The lowest BCUT2D eigenvalue weighted by atomic mass is 10.2. The van der Waals surface area contributed by atoms with E-state index in [1.165, 1.54) is 11.0 Å². The van der Waals surface area contributed by atoms with Crippen molar-refractivity contribution < 1.29 is 8.78 Å². The fourth-order valence-electron chi connectivity index (χ4n) is 1.78. The molecule has 2 aromatic rings. The van der Waals surface area contributed by atoms with Gasteiger partial charge in [0, 0.05) is 12.7 Å². The molecule has 0 spiro atoms. The number of anilines is 3. The standard InChI is InChI=1S/C14H11F2N3/c1-19(10-4-2-9(8-17)3-5-10)14-12(18)7-6-11(15)13(14)16/h2-7H,18H2,1H3. The first kappa shape index (κ1) is 12.8. The van der Waals surface area contributed by atoms with E-state index >= 15 is 0 Å². The minimum absolute atomic E-state index is 0.0234. The molecule has 0 amide bonds. The molecule has 0 fully saturated rings. The zero-order valence-electron chi connectivity index (χ0n) is 10.2. The molecule has 5 heteroatoms. The van der Waals surface area contributed by atoms with Crippen LogP contribution in [-0.2, 0) is 0 Å². The van der Waals surface area contributed by atoms with E-state index in [2.05, 4.69) is 0 Å². The number of benzene rings is 2. The number of nitrogen functional groups attached to an aromatic ring is 1. The van der Waals surface area contributed by atoms with Gasteiger partial charge in [0.2, 0.25) is 0 Å². The van der Waals surface area contributed by atoms with Crippen molar-refractivity contribution in [1.29, 1.82) is 5.26 Å². The molecule has 0 aromatic heterocycles. The molecule has 19 heavy (non-hydrogen) atoms. The summed E-state index contributed by atoms with van der Waals surface area (Å²) in [6.45, 7) is 0. The summed E-state index contributed by atoms with van der Waals surface area (Å²) in [7, 11) is 1.58. The van der Waals surface area contributed by atoms with E-state index < -0.39 is 11.6 Å². The van der Waals surface area contributed by atoms with E-state index in [1.54, 1.807) is 31.3 Å². The summed E-state index contributed by atoms with van der Waals surface area (Å²) in [6, 6.07) is 10.8. The first-order chi connectivity index (χ1) is 9.04. The Hall–Kier alpha value is -2.61. The number of hydrogen-bond donors (Lipinski definition) is 1. The minimum atomic E-state index is -0.994. The summed E-state index contributed by atoms with van der Waals surface area (Å²) in [5, 5.41) is 8.72. The predicted molar refractivity (Wildman–Crippen MR) is 70.0 cm³/mol. The van der Waals surface area contributed by atoms with Crippen LogP contribution in [0.15, 0.2) is 36.4 Å². The summed E-state index contributed by atoms with van der Waals surface area (Å²) >= 11 is 0. The van der Waals surface area contributed by atoms with Gasteiger partial charge in [-0.1, -0.05) is 0 Å². The van der Waals surface area contributed by atoms with Crippen molar-refractivity contribution in [3.63, 3.8) is 0 Å². The molecular formula is C14H11F2N3. The van der Waals surface area contributed by atoms with Crippen LogP contribution in [0.25, 0.3) is 0 Å². The van der Waals surface area contributed by atoms with Crippen molar-refractivity contribution >= 4 is 17.1 Å². The highest BCUT2D eigenvalue weighted by atomic mass is 19.2. The van der Waals surface area contributed by atoms with Crippen LogP contribution >= 0.6 is 0 Å². The Morgan fingerprint density at radius 3 is 2.32 bits per heavy atom. The first-order valence-corrected chi connectivity index (χ1v) is 5.52. The van der Waals surface area contributed by atoms with Gasteiger partial charge < -0.3 is 10.6 Å². The molecule has 0 bridgehead atoms. The lowest BCUT2D eigenvalue weighted by molar-refractivity contribution is 0.510. The number of nitrogens with zero attached hydrogens (tertiary/aromatic N) is 2. The summed E-state index contributed by atoms with van der Waals surface area (Å²) in [4.78, 5) is 1.44. The summed E-state index contributed by atoms with van der Waals surface area (Å²) < 4.78 is 27.0. The van der Waals surface area contributed by atoms with Crippen LogP contribution in [0.1, 0.15) is 5.56 Å². The van der Waals surface area contributed by atoms with Gasteiger partial charge in [0.05, 0.1) is 17.3 Å². The van der Waals surface area contributed by atoms with E-state index in [-0.39, 0.29) is 11.4 Å². The summed E-state index contributed by atoms with van der Waals surface area (Å²) in [5.74, 6) is -1.95. The van der Waals surface area contributed by atoms with Gasteiger partial charge in [-0.25, -0.2) is 8.78 Å².